The van der Waals surface area contributed by atoms with Gasteiger partial charge in [0.2, 0.25) is 0 Å². The van der Waals surface area contributed by atoms with Gasteiger partial charge in [0.15, 0.2) is 0 Å². The average molecular weight is 218 g/mol. The van der Waals surface area contributed by atoms with Crippen molar-refractivity contribution in [2.45, 2.75) is 13.0 Å². The molecule has 0 aromatic carbocycles. The van der Waals surface area contributed by atoms with Crippen molar-refractivity contribution in [3.05, 3.63) is 24.3 Å². The lowest BCUT2D eigenvalue weighted by Gasteiger charge is -2.09. The topological polar surface area (TPSA) is 78.1 Å². The van der Waals surface area contributed by atoms with Crippen molar-refractivity contribution in [3.63, 3.8) is 0 Å². The zero-order valence-corrected chi connectivity index (χ0v) is 8.53. The Hall–Kier alpha value is -1.20. The molecule has 0 bridgehead atoms. The Balaban J connectivity index is 0.00000169. The molecule has 1 heterocycles. The SMILES string of the molecule is CC(=O)OCC(N)c1cnccn1.Cl. The van der Waals surface area contributed by atoms with Crippen LogP contribution in [-0.4, -0.2) is 22.5 Å². The molecule has 1 unspecified atom stereocenters. The second kappa shape index (κ2) is 6.28. The molecule has 0 radical (unpaired) electrons. The molecule has 0 aliphatic carbocycles. The van der Waals surface area contributed by atoms with E-state index in [4.69, 9.17) is 10.5 Å². The fourth-order valence-electron chi connectivity index (χ4n) is 0.795. The van der Waals surface area contributed by atoms with E-state index in [2.05, 4.69) is 9.97 Å². The van der Waals surface area contributed by atoms with Crippen molar-refractivity contribution in [2.24, 2.45) is 5.73 Å². The van der Waals surface area contributed by atoms with Gasteiger partial charge in [-0.1, -0.05) is 0 Å². The van der Waals surface area contributed by atoms with Crippen molar-refractivity contribution < 1.29 is 9.53 Å². The Morgan fingerprint density at radius 3 is 2.86 bits per heavy atom. The van der Waals surface area contributed by atoms with E-state index in [-0.39, 0.29) is 25.0 Å². The number of aromatic nitrogens is 2. The van der Waals surface area contributed by atoms with Crippen LogP contribution in [0.4, 0.5) is 0 Å². The van der Waals surface area contributed by atoms with Gasteiger partial charge in [0.25, 0.3) is 0 Å². The first-order valence-electron chi connectivity index (χ1n) is 3.85. The molecule has 2 N–H and O–H groups in total. The largest absolute Gasteiger partial charge is 0.464 e. The molecule has 0 spiro atoms. The third kappa shape index (κ3) is 4.15. The van der Waals surface area contributed by atoms with Crippen molar-refractivity contribution in [1.82, 2.24) is 9.97 Å². The van der Waals surface area contributed by atoms with Crippen LogP contribution in [0, 0.1) is 0 Å². The second-order valence-electron chi connectivity index (χ2n) is 2.54. The zero-order valence-electron chi connectivity index (χ0n) is 7.71. The Labute approximate surface area is 88.1 Å². The average Bonchev–Trinajstić information content (AvgIpc) is 2.15. The van der Waals surface area contributed by atoms with Gasteiger partial charge in [0, 0.05) is 19.3 Å². The van der Waals surface area contributed by atoms with E-state index in [0.29, 0.717) is 5.69 Å². The first-order chi connectivity index (χ1) is 6.20. The van der Waals surface area contributed by atoms with Gasteiger partial charge >= 0.3 is 5.97 Å². The molecule has 0 fully saturated rings. The molecule has 78 valence electrons. The summed E-state index contributed by atoms with van der Waals surface area (Å²) in [5, 5.41) is 0. The van der Waals surface area contributed by atoms with E-state index in [1.54, 1.807) is 18.6 Å². The smallest absolute Gasteiger partial charge is 0.302 e. The predicted octanol–water partition coefficient (Wildman–Crippen LogP) is 0.461. The Morgan fingerprint density at radius 2 is 2.36 bits per heavy atom. The fourth-order valence-corrected chi connectivity index (χ4v) is 0.795. The molecule has 14 heavy (non-hydrogen) atoms. The summed E-state index contributed by atoms with van der Waals surface area (Å²) < 4.78 is 4.73. The number of carbonyl (C=O) groups is 1. The van der Waals surface area contributed by atoms with Gasteiger partial charge in [0.1, 0.15) is 6.61 Å². The highest BCUT2D eigenvalue weighted by Crippen LogP contribution is 2.04. The number of carbonyl (C=O) groups excluding carboxylic acids is 1. The second-order valence-corrected chi connectivity index (χ2v) is 2.54. The normalized spacial score (nSPS) is 11.3. The molecule has 1 aromatic rings. The molecule has 1 rings (SSSR count). The maximum atomic E-state index is 10.5. The highest BCUT2D eigenvalue weighted by Gasteiger charge is 2.08. The molecule has 0 saturated carbocycles. The van der Waals surface area contributed by atoms with Crippen molar-refractivity contribution >= 4 is 18.4 Å². The monoisotopic (exact) mass is 217 g/mol. The first-order valence-corrected chi connectivity index (χ1v) is 3.85. The van der Waals surface area contributed by atoms with Crippen molar-refractivity contribution in [1.29, 1.82) is 0 Å². The van der Waals surface area contributed by atoms with Crippen LogP contribution in [0.15, 0.2) is 18.6 Å². The summed E-state index contributed by atoms with van der Waals surface area (Å²) in [7, 11) is 0. The van der Waals surface area contributed by atoms with Gasteiger partial charge < -0.3 is 10.5 Å². The summed E-state index contributed by atoms with van der Waals surface area (Å²) in [6.45, 7) is 1.47. The lowest BCUT2D eigenvalue weighted by atomic mass is 10.2. The van der Waals surface area contributed by atoms with E-state index >= 15 is 0 Å². The molecule has 5 nitrogen and oxygen atoms in total. The molecule has 0 saturated heterocycles. The lowest BCUT2D eigenvalue weighted by molar-refractivity contribution is -0.141. The molecule has 0 amide bonds. The van der Waals surface area contributed by atoms with Crippen LogP contribution in [0.3, 0.4) is 0 Å². The highest BCUT2D eigenvalue weighted by atomic mass is 35.5. The minimum Gasteiger partial charge on any atom is -0.464 e. The van der Waals surface area contributed by atoms with Crippen LogP contribution >= 0.6 is 12.4 Å². The third-order valence-electron chi connectivity index (χ3n) is 1.43. The minimum absolute atomic E-state index is 0. The zero-order chi connectivity index (χ0) is 9.68. The van der Waals surface area contributed by atoms with E-state index in [9.17, 15) is 4.79 Å². The summed E-state index contributed by atoms with van der Waals surface area (Å²) in [6, 6.07) is -0.405. The van der Waals surface area contributed by atoms with Gasteiger partial charge in [-0.3, -0.25) is 14.8 Å². The molecular formula is C8H12ClN3O2. The van der Waals surface area contributed by atoms with Crippen LogP contribution < -0.4 is 5.73 Å². The Kier molecular flexibility index (Phi) is 5.74. The Bertz CT molecular complexity index is 281. The number of rotatable bonds is 3. The van der Waals surface area contributed by atoms with Crippen LogP contribution in [0.25, 0.3) is 0 Å². The van der Waals surface area contributed by atoms with Crippen LogP contribution in [0.1, 0.15) is 18.7 Å². The number of esters is 1. The third-order valence-corrected chi connectivity index (χ3v) is 1.43. The van der Waals surface area contributed by atoms with Gasteiger partial charge in [-0.25, -0.2) is 0 Å². The lowest BCUT2D eigenvalue weighted by Crippen LogP contribution is -2.19. The molecular weight excluding hydrogens is 206 g/mol. The Morgan fingerprint density at radius 1 is 1.64 bits per heavy atom. The van der Waals surface area contributed by atoms with Crippen LogP contribution in [0.5, 0.6) is 0 Å². The van der Waals surface area contributed by atoms with Gasteiger partial charge in [-0.2, -0.15) is 0 Å². The minimum atomic E-state index is -0.405. The van der Waals surface area contributed by atoms with Gasteiger partial charge in [0.05, 0.1) is 17.9 Å². The number of halogens is 1. The number of hydrogen-bond acceptors (Lipinski definition) is 5. The van der Waals surface area contributed by atoms with Gasteiger partial charge in [-0.05, 0) is 0 Å². The van der Waals surface area contributed by atoms with E-state index in [1.807, 2.05) is 0 Å². The molecule has 1 atom stereocenters. The quantitative estimate of drug-likeness (QED) is 0.745. The summed E-state index contributed by atoms with van der Waals surface area (Å²) in [5.41, 5.74) is 6.28. The standard InChI is InChI=1S/C8H11N3O2.ClH/c1-6(12)13-5-7(9)8-4-10-2-3-11-8;/h2-4,7H,5,9H2,1H3;1H. The summed E-state index contributed by atoms with van der Waals surface area (Å²) >= 11 is 0. The van der Waals surface area contributed by atoms with Gasteiger partial charge in [-0.15, -0.1) is 12.4 Å². The summed E-state index contributed by atoms with van der Waals surface area (Å²) in [6.07, 6.45) is 4.65. The van der Waals surface area contributed by atoms with Crippen LogP contribution in [-0.2, 0) is 9.53 Å². The van der Waals surface area contributed by atoms with E-state index in [1.165, 1.54) is 6.92 Å². The molecule has 0 aliphatic heterocycles. The molecule has 1 aromatic heterocycles. The van der Waals surface area contributed by atoms with Crippen molar-refractivity contribution in [2.75, 3.05) is 6.61 Å². The number of nitrogens with zero attached hydrogens (tertiary/aromatic N) is 2. The number of ether oxygens (including phenoxy) is 1. The van der Waals surface area contributed by atoms with E-state index in [0.717, 1.165) is 0 Å². The molecule has 0 aliphatic rings. The van der Waals surface area contributed by atoms with E-state index < -0.39 is 6.04 Å². The fraction of sp³-hybridized carbons (Fsp3) is 0.375. The molecule has 6 heteroatoms. The summed E-state index contributed by atoms with van der Waals surface area (Å²) in [4.78, 5) is 18.3. The predicted molar refractivity (Wildman–Crippen MR) is 52.8 cm³/mol. The summed E-state index contributed by atoms with van der Waals surface area (Å²) in [5.74, 6) is -0.348. The highest BCUT2D eigenvalue weighted by molar-refractivity contribution is 5.85. The van der Waals surface area contributed by atoms with Crippen molar-refractivity contribution in [3.8, 4) is 0 Å². The van der Waals surface area contributed by atoms with Crippen LogP contribution in [0.2, 0.25) is 0 Å². The maximum absolute atomic E-state index is 10.5. The maximum Gasteiger partial charge on any atom is 0.302 e. The number of hydrogen-bond donors (Lipinski definition) is 1. The number of nitrogens with two attached hydrogens (primary N) is 1. The first kappa shape index (κ1) is 12.8.